The minimum absolute atomic E-state index is 0.324. The maximum absolute atomic E-state index is 13.2. The fraction of sp³-hybridized carbons (Fsp3) is 0.304. The molecule has 3 rings (SSSR count). The van der Waals surface area contributed by atoms with Crippen LogP contribution in [0.5, 0.6) is 5.75 Å². The molecule has 2 unspecified atom stereocenters. The molecule has 1 amide bonds. The molecule has 12 heteroatoms. The van der Waals surface area contributed by atoms with Crippen molar-refractivity contribution < 1.29 is 40.8 Å². The first-order valence-corrected chi connectivity index (χ1v) is 11.5. The van der Waals surface area contributed by atoms with Crippen LogP contribution in [0.2, 0.25) is 0 Å². The average molecular weight is 514 g/mol. The van der Waals surface area contributed by atoms with Crippen LogP contribution in [0.1, 0.15) is 24.4 Å². The highest BCUT2D eigenvalue weighted by Crippen LogP contribution is 2.26. The van der Waals surface area contributed by atoms with E-state index in [1.54, 1.807) is 4.31 Å². The summed E-state index contributed by atoms with van der Waals surface area (Å²) in [6.45, 7) is 0.704. The van der Waals surface area contributed by atoms with Gasteiger partial charge in [-0.1, -0.05) is 17.7 Å². The molecule has 1 saturated heterocycles. The van der Waals surface area contributed by atoms with Crippen molar-refractivity contribution in [3.63, 3.8) is 0 Å². The Hall–Kier alpha value is -3.25. The molecule has 0 aliphatic carbocycles. The second-order valence-corrected chi connectivity index (χ2v) is 9.00. The molecular weight excluding hydrogens is 492 g/mol. The summed E-state index contributed by atoms with van der Waals surface area (Å²) in [6.07, 6.45) is -2.59. The summed E-state index contributed by atoms with van der Waals surface area (Å²) in [5.74, 6) is -2.13. The molecule has 0 aromatic heterocycles. The number of nitrogens with one attached hydrogen (secondary N) is 1. The van der Waals surface area contributed by atoms with Gasteiger partial charge in [0.25, 0.3) is 0 Å². The Morgan fingerprint density at radius 2 is 1.66 bits per heavy atom. The van der Waals surface area contributed by atoms with Crippen molar-refractivity contribution in [2.75, 3.05) is 20.2 Å². The molecule has 1 heterocycles. The summed E-state index contributed by atoms with van der Waals surface area (Å²) < 4.78 is 73.0. The summed E-state index contributed by atoms with van der Waals surface area (Å²) >= 11 is 0. The molecule has 1 aliphatic heterocycles. The zero-order valence-electron chi connectivity index (χ0n) is 18.5. The Kier molecular flexibility index (Phi) is 8.62. The van der Waals surface area contributed by atoms with Gasteiger partial charge in [0, 0.05) is 19.2 Å². The van der Waals surface area contributed by atoms with E-state index in [-0.39, 0.29) is 0 Å². The SMILES string of the molecule is COC(=O)C(NC(=O)C=C1CCN(S(=O)c2ccc(OC(F)(F)F)cc2)CC1)c1ccc(F)cc1. The first-order valence-electron chi connectivity index (χ1n) is 10.4. The van der Waals surface area contributed by atoms with E-state index in [1.165, 1.54) is 49.6 Å². The van der Waals surface area contributed by atoms with Gasteiger partial charge in [0.15, 0.2) is 6.04 Å². The zero-order chi connectivity index (χ0) is 25.6. The molecule has 1 fully saturated rings. The lowest BCUT2D eigenvalue weighted by molar-refractivity contribution is -0.274. The fourth-order valence-corrected chi connectivity index (χ4v) is 4.59. The molecule has 0 saturated carbocycles. The van der Waals surface area contributed by atoms with Gasteiger partial charge < -0.3 is 14.8 Å². The van der Waals surface area contributed by atoms with Crippen molar-refractivity contribution in [2.45, 2.75) is 30.1 Å². The minimum atomic E-state index is -4.81. The van der Waals surface area contributed by atoms with Gasteiger partial charge in [0.2, 0.25) is 5.91 Å². The van der Waals surface area contributed by atoms with Crippen molar-refractivity contribution >= 4 is 22.9 Å². The van der Waals surface area contributed by atoms with E-state index < -0.39 is 46.8 Å². The van der Waals surface area contributed by atoms with E-state index >= 15 is 0 Å². The van der Waals surface area contributed by atoms with Crippen LogP contribution in [-0.4, -0.2) is 47.0 Å². The van der Waals surface area contributed by atoms with E-state index in [9.17, 15) is 31.4 Å². The van der Waals surface area contributed by atoms with E-state index in [1.807, 2.05) is 0 Å². The lowest BCUT2D eigenvalue weighted by Gasteiger charge is -2.27. The maximum atomic E-state index is 13.2. The van der Waals surface area contributed by atoms with E-state index in [0.717, 1.165) is 17.7 Å². The lowest BCUT2D eigenvalue weighted by Crippen LogP contribution is -2.35. The second kappa shape index (κ2) is 11.5. The average Bonchev–Trinajstić information content (AvgIpc) is 2.82. The Bertz CT molecular complexity index is 1090. The number of piperidine rings is 1. The van der Waals surface area contributed by atoms with Crippen LogP contribution in [0.3, 0.4) is 0 Å². The number of amides is 1. The Balaban J connectivity index is 1.58. The van der Waals surface area contributed by atoms with E-state index in [0.29, 0.717) is 36.4 Å². The van der Waals surface area contributed by atoms with Crippen LogP contribution in [0.4, 0.5) is 17.6 Å². The number of methoxy groups -OCH3 is 1. The zero-order valence-corrected chi connectivity index (χ0v) is 19.3. The summed E-state index contributed by atoms with van der Waals surface area (Å²) in [7, 11) is -0.419. The van der Waals surface area contributed by atoms with E-state index in [4.69, 9.17) is 4.74 Å². The number of hydrogen-bond acceptors (Lipinski definition) is 5. The molecule has 2 aromatic carbocycles. The molecule has 35 heavy (non-hydrogen) atoms. The smallest absolute Gasteiger partial charge is 0.467 e. The van der Waals surface area contributed by atoms with Gasteiger partial charge in [-0.2, -0.15) is 0 Å². The van der Waals surface area contributed by atoms with Gasteiger partial charge in [0.05, 0.1) is 12.0 Å². The van der Waals surface area contributed by atoms with Gasteiger partial charge in [-0.15, -0.1) is 13.2 Å². The lowest BCUT2D eigenvalue weighted by atomic mass is 10.0. The number of nitrogens with zero attached hydrogens (tertiary/aromatic N) is 1. The summed E-state index contributed by atoms with van der Waals surface area (Å²) in [6, 6.07) is 8.78. The van der Waals surface area contributed by atoms with Gasteiger partial charge in [0.1, 0.15) is 22.6 Å². The summed E-state index contributed by atoms with van der Waals surface area (Å²) in [4.78, 5) is 25.0. The number of rotatable bonds is 7. The normalized spacial score (nSPS) is 16.2. The standard InChI is InChI=1S/C23H22F4N2O5S/c1-33-22(31)21(16-2-4-17(24)5-3-16)28-20(30)14-15-10-12-29(13-11-15)35(32)19-8-6-18(7-9-19)34-23(25,26)27/h2-9,14,21H,10-13H2,1H3,(H,28,30). The number of esters is 1. The van der Waals surface area contributed by atoms with Crippen LogP contribution in [0, 0.1) is 5.82 Å². The number of carbonyl (C=O) groups excluding carboxylic acids is 2. The topological polar surface area (TPSA) is 84.9 Å². The Morgan fingerprint density at radius 1 is 1.06 bits per heavy atom. The third kappa shape index (κ3) is 7.62. The molecule has 188 valence electrons. The number of hydrogen-bond donors (Lipinski definition) is 1. The summed E-state index contributed by atoms with van der Waals surface area (Å²) in [5, 5.41) is 2.55. The monoisotopic (exact) mass is 514 g/mol. The van der Waals surface area contributed by atoms with Crippen molar-refractivity contribution in [3.05, 3.63) is 71.6 Å². The first-order chi connectivity index (χ1) is 16.6. The predicted octanol–water partition coefficient (Wildman–Crippen LogP) is 3.80. The van der Waals surface area contributed by atoms with Gasteiger partial charge in [-0.3, -0.25) is 4.79 Å². The van der Waals surface area contributed by atoms with Crippen molar-refractivity contribution in [2.24, 2.45) is 0 Å². The van der Waals surface area contributed by atoms with Crippen molar-refractivity contribution in [1.29, 1.82) is 0 Å². The van der Waals surface area contributed by atoms with Gasteiger partial charge >= 0.3 is 12.3 Å². The quantitative estimate of drug-likeness (QED) is 0.345. The molecule has 2 atom stereocenters. The van der Waals surface area contributed by atoms with Gasteiger partial charge in [-0.25, -0.2) is 17.7 Å². The largest absolute Gasteiger partial charge is 0.573 e. The third-order valence-electron chi connectivity index (χ3n) is 5.12. The third-order valence-corrected chi connectivity index (χ3v) is 6.63. The Labute approximate surface area is 201 Å². The molecule has 2 aromatic rings. The minimum Gasteiger partial charge on any atom is -0.467 e. The van der Waals surface area contributed by atoms with Crippen molar-refractivity contribution in [1.82, 2.24) is 9.62 Å². The second-order valence-electron chi connectivity index (χ2n) is 7.52. The Morgan fingerprint density at radius 3 is 2.20 bits per heavy atom. The van der Waals surface area contributed by atoms with Crippen LogP contribution >= 0.6 is 0 Å². The van der Waals surface area contributed by atoms with Crippen LogP contribution in [0.15, 0.2) is 65.1 Å². The molecule has 0 bridgehead atoms. The molecule has 0 radical (unpaired) electrons. The van der Waals surface area contributed by atoms with Crippen LogP contribution in [0.25, 0.3) is 0 Å². The molecule has 1 aliphatic rings. The van der Waals surface area contributed by atoms with E-state index in [2.05, 4.69) is 10.1 Å². The number of carbonyl (C=O) groups is 2. The highest BCUT2D eigenvalue weighted by molar-refractivity contribution is 7.82. The molecule has 0 spiro atoms. The molecule has 1 N–H and O–H groups in total. The maximum Gasteiger partial charge on any atom is 0.573 e. The highest BCUT2D eigenvalue weighted by Gasteiger charge is 2.31. The number of ether oxygens (including phenoxy) is 2. The molecule has 7 nitrogen and oxygen atoms in total. The predicted molar refractivity (Wildman–Crippen MR) is 118 cm³/mol. The first kappa shape index (κ1) is 26.4. The molecular formula is C23H22F4N2O5S. The van der Waals surface area contributed by atoms with Crippen LogP contribution < -0.4 is 10.1 Å². The van der Waals surface area contributed by atoms with Crippen LogP contribution in [-0.2, 0) is 25.3 Å². The number of benzene rings is 2. The number of alkyl halides is 3. The fourth-order valence-electron chi connectivity index (χ4n) is 3.41. The number of halogens is 4. The highest BCUT2D eigenvalue weighted by atomic mass is 32.2. The van der Waals surface area contributed by atoms with Crippen molar-refractivity contribution in [3.8, 4) is 5.75 Å². The summed E-state index contributed by atoms with van der Waals surface area (Å²) in [5.41, 5.74) is 1.13. The van der Waals surface area contributed by atoms with Gasteiger partial charge in [-0.05, 0) is 54.8 Å².